The molecule has 7 nitrogen and oxygen atoms in total. The molecule has 0 unspecified atom stereocenters. The maximum absolute atomic E-state index is 13.7. The Bertz CT molecular complexity index is 1130. The number of hydrogen-bond acceptors (Lipinski definition) is 6. The van der Waals surface area contributed by atoms with E-state index in [0.717, 1.165) is 17.0 Å². The van der Waals surface area contributed by atoms with Gasteiger partial charge in [0.1, 0.15) is 18.2 Å². The molecule has 3 amide bonds. The molecule has 0 aromatic heterocycles. The molecule has 0 spiro atoms. The summed E-state index contributed by atoms with van der Waals surface area (Å²) in [6.07, 6.45) is 1.49. The van der Waals surface area contributed by atoms with Crippen LogP contribution in [0.4, 0.5) is 19.3 Å². The van der Waals surface area contributed by atoms with Gasteiger partial charge < -0.3 is 14.8 Å². The summed E-state index contributed by atoms with van der Waals surface area (Å²) in [6.45, 7) is 1.64. The van der Waals surface area contributed by atoms with E-state index in [4.69, 9.17) is 9.47 Å². The van der Waals surface area contributed by atoms with Gasteiger partial charge in [0, 0.05) is 6.07 Å². The molecule has 1 aliphatic rings. The van der Waals surface area contributed by atoms with Crippen LogP contribution in [0.2, 0.25) is 0 Å². The first kappa shape index (κ1) is 23.7. The van der Waals surface area contributed by atoms with E-state index in [1.807, 2.05) is 6.92 Å². The van der Waals surface area contributed by atoms with Crippen molar-refractivity contribution in [3.8, 4) is 11.5 Å². The summed E-state index contributed by atoms with van der Waals surface area (Å²) < 4.78 is 38.2. The lowest BCUT2D eigenvalue weighted by Crippen LogP contribution is -2.36. The SMILES string of the molecule is CCOc1c(Br)cc(/C=C2/SC(=O)N(CC(=O)Nc3ccc(F)cc3F)C2=O)cc1OC. The summed E-state index contributed by atoms with van der Waals surface area (Å²) in [5, 5.41) is 1.57. The molecule has 1 N–H and O–H groups in total. The Balaban J connectivity index is 1.76. The van der Waals surface area contributed by atoms with Crippen LogP contribution in [0.25, 0.3) is 6.08 Å². The van der Waals surface area contributed by atoms with Crippen LogP contribution >= 0.6 is 27.7 Å². The van der Waals surface area contributed by atoms with Gasteiger partial charge in [-0.2, -0.15) is 0 Å². The number of nitrogens with zero attached hydrogens (tertiary/aromatic N) is 1. The fraction of sp³-hybridized carbons (Fsp3) is 0.190. The zero-order valence-corrected chi connectivity index (χ0v) is 19.3. The Morgan fingerprint density at radius 2 is 2.00 bits per heavy atom. The molecule has 0 atom stereocenters. The number of methoxy groups -OCH3 is 1. The number of imide groups is 1. The minimum absolute atomic E-state index is 0.105. The number of nitrogens with one attached hydrogen (secondary N) is 1. The number of halogens is 3. The van der Waals surface area contributed by atoms with Gasteiger partial charge in [-0.25, -0.2) is 8.78 Å². The van der Waals surface area contributed by atoms with Gasteiger partial charge in [-0.3, -0.25) is 19.3 Å². The molecule has 1 aliphatic heterocycles. The predicted octanol–water partition coefficient (Wildman–Crippen LogP) is 4.81. The number of rotatable bonds is 7. The van der Waals surface area contributed by atoms with E-state index in [0.29, 0.717) is 46.0 Å². The van der Waals surface area contributed by atoms with Crippen LogP contribution in [0.3, 0.4) is 0 Å². The zero-order valence-electron chi connectivity index (χ0n) is 16.9. The third kappa shape index (κ3) is 5.28. The Labute approximate surface area is 194 Å². The molecular weight excluding hydrogens is 510 g/mol. The topological polar surface area (TPSA) is 84.9 Å². The highest BCUT2D eigenvalue weighted by atomic mass is 79.9. The lowest BCUT2D eigenvalue weighted by molar-refractivity contribution is -0.127. The minimum atomic E-state index is -0.970. The normalized spacial score (nSPS) is 14.8. The van der Waals surface area contributed by atoms with E-state index in [2.05, 4.69) is 21.2 Å². The van der Waals surface area contributed by atoms with E-state index in [1.54, 1.807) is 12.1 Å². The number of ether oxygens (including phenoxy) is 2. The smallest absolute Gasteiger partial charge is 0.294 e. The average Bonchev–Trinajstić information content (AvgIpc) is 2.99. The van der Waals surface area contributed by atoms with Crippen molar-refractivity contribution in [3.63, 3.8) is 0 Å². The first-order valence-corrected chi connectivity index (χ1v) is 10.8. The van der Waals surface area contributed by atoms with Crippen molar-refractivity contribution in [2.24, 2.45) is 0 Å². The lowest BCUT2D eigenvalue weighted by atomic mass is 10.2. The number of amides is 3. The molecule has 0 bridgehead atoms. The van der Waals surface area contributed by atoms with E-state index < -0.39 is 35.2 Å². The van der Waals surface area contributed by atoms with E-state index in [1.165, 1.54) is 13.2 Å². The van der Waals surface area contributed by atoms with E-state index >= 15 is 0 Å². The van der Waals surface area contributed by atoms with Gasteiger partial charge in [0.2, 0.25) is 5.91 Å². The molecule has 168 valence electrons. The van der Waals surface area contributed by atoms with Crippen LogP contribution in [0.1, 0.15) is 12.5 Å². The fourth-order valence-electron chi connectivity index (χ4n) is 2.82. The summed E-state index contributed by atoms with van der Waals surface area (Å²) in [7, 11) is 1.48. The molecule has 1 heterocycles. The van der Waals surface area contributed by atoms with Gasteiger partial charge in [0.25, 0.3) is 11.1 Å². The van der Waals surface area contributed by atoms with Crippen LogP contribution in [-0.2, 0) is 9.59 Å². The maximum atomic E-state index is 13.7. The lowest BCUT2D eigenvalue weighted by Gasteiger charge is -2.13. The molecule has 0 aliphatic carbocycles. The monoisotopic (exact) mass is 526 g/mol. The second-order valence-electron chi connectivity index (χ2n) is 6.41. The highest BCUT2D eigenvalue weighted by Crippen LogP contribution is 2.39. The largest absolute Gasteiger partial charge is 0.493 e. The van der Waals surface area contributed by atoms with Gasteiger partial charge >= 0.3 is 0 Å². The van der Waals surface area contributed by atoms with Crippen molar-refractivity contribution < 1.29 is 32.6 Å². The maximum Gasteiger partial charge on any atom is 0.294 e. The van der Waals surface area contributed by atoms with Crippen LogP contribution in [0.5, 0.6) is 11.5 Å². The van der Waals surface area contributed by atoms with Gasteiger partial charge in [0.15, 0.2) is 11.5 Å². The van der Waals surface area contributed by atoms with Gasteiger partial charge in [0.05, 0.1) is 28.8 Å². The Kier molecular flexibility index (Phi) is 7.52. The molecule has 2 aromatic carbocycles. The molecule has 2 aromatic rings. The first-order valence-electron chi connectivity index (χ1n) is 9.24. The molecular formula is C21H17BrF2N2O5S. The van der Waals surface area contributed by atoms with Crippen LogP contribution < -0.4 is 14.8 Å². The fourth-order valence-corrected chi connectivity index (χ4v) is 4.23. The molecule has 32 heavy (non-hydrogen) atoms. The summed E-state index contributed by atoms with van der Waals surface area (Å²) in [4.78, 5) is 38.0. The number of anilines is 1. The van der Waals surface area contributed by atoms with Crippen LogP contribution in [-0.4, -0.2) is 42.2 Å². The Hall–Kier alpha value is -2.92. The van der Waals surface area contributed by atoms with Gasteiger partial charge in [-0.15, -0.1) is 0 Å². The number of thioether (sulfide) groups is 1. The second-order valence-corrected chi connectivity index (χ2v) is 8.25. The average molecular weight is 527 g/mol. The van der Waals surface area contributed by atoms with E-state index in [-0.39, 0.29) is 10.6 Å². The van der Waals surface area contributed by atoms with Crippen molar-refractivity contribution in [2.45, 2.75) is 6.92 Å². The second kappa shape index (κ2) is 10.1. The number of carbonyl (C=O) groups is 3. The third-order valence-electron chi connectivity index (χ3n) is 4.22. The first-order chi connectivity index (χ1) is 15.2. The highest BCUT2D eigenvalue weighted by Gasteiger charge is 2.36. The summed E-state index contributed by atoms with van der Waals surface area (Å²) in [6, 6.07) is 5.99. The molecule has 1 fully saturated rings. The Morgan fingerprint density at radius 1 is 1.25 bits per heavy atom. The number of hydrogen-bond donors (Lipinski definition) is 1. The minimum Gasteiger partial charge on any atom is -0.493 e. The van der Waals surface area contributed by atoms with Gasteiger partial charge in [-0.1, -0.05) is 0 Å². The van der Waals surface area contributed by atoms with E-state index in [9.17, 15) is 23.2 Å². The molecule has 0 radical (unpaired) electrons. The molecule has 11 heteroatoms. The zero-order chi connectivity index (χ0) is 23.4. The number of benzene rings is 2. The quantitative estimate of drug-likeness (QED) is 0.521. The molecule has 0 saturated carbocycles. The third-order valence-corrected chi connectivity index (χ3v) is 5.72. The standard InChI is InChI=1S/C21H17BrF2N2O5S/c1-3-31-19-13(22)6-11(7-16(19)30-2)8-17-20(28)26(21(29)32-17)10-18(27)25-15-5-4-12(23)9-14(15)24/h4-9H,3,10H2,1-2H3,(H,25,27)/b17-8+. The van der Waals surface area contributed by atoms with Crippen molar-refractivity contribution in [3.05, 3.63) is 56.9 Å². The predicted molar refractivity (Wildman–Crippen MR) is 120 cm³/mol. The number of carbonyl (C=O) groups excluding carboxylic acids is 3. The van der Waals surface area contributed by atoms with Crippen molar-refractivity contribution in [1.29, 1.82) is 0 Å². The van der Waals surface area contributed by atoms with Crippen LogP contribution in [0, 0.1) is 11.6 Å². The molecule has 1 saturated heterocycles. The van der Waals surface area contributed by atoms with Crippen molar-refractivity contribution in [1.82, 2.24) is 4.90 Å². The summed E-state index contributed by atoms with van der Waals surface area (Å²) in [5.74, 6) is -2.29. The highest BCUT2D eigenvalue weighted by molar-refractivity contribution is 9.10. The van der Waals surface area contributed by atoms with Crippen molar-refractivity contribution >= 4 is 56.5 Å². The summed E-state index contributed by atoms with van der Waals surface area (Å²) >= 11 is 4.06. The summed E-state index contributed by atoms with van der Waals surface area (Å²) in [5.41, 5.74) is 0.311. The Morgan fingerprint density at radius 3 is 2.66 bits per heavy atom. The van der Waals surface area contributed by atoms with Crippen molar-refractivity contribution in [2.75, 3.05) is 25.6 Å². The van der Waals surface area contributed by atoms with Crippen LogP contribution in [0.15, 0.2) is 39.7 Å². The van der Waals surface area contributed by atoms with Gasteiger partial charge in [-0.05, 0) is 70.5 Å². The molecule has 3 rings (SSSR count).